The lowest BCUT2D eigenvalue weighted by atomic mass is 9.74. The topological polar surface area (TPSA) is 131 Å². The van der Waals surface area contributed by atoms with Crippen LogP contribution < -0.4 is 9.62 Å². The number of aromatic nitrogens is 4. The molecule has 0 bridgehead atoms. The van der Waals surface area contributed by atoms with E-state index in [0.717, 1.165) is 37.0 Å². The van der Waals surface area contributed by atoms with Crippen molar-refractivity contribution in [1.82, 2.24) is 24.3 Å². The van der Waals surface area contributed by atoms with Gasteiger partial charge in [0.05, 0.1) is 24.5 Å². The molecule has 2 aliphatic carbocycles. The molecule has 222 valence electrons. The molecule has 0 unspecified atom stereocenters. The first-order valence-corrected chi connectivity index (χ1v) is 16.4. The highest BCUT2D eigenvalue weighted by Gasteiger charge is 2.51. The highest BCUT2D eigenvalue weighted by atomic mass is 32.2. The fraction of sp³-hybridized carbons (Fsp3) is 0.667. The summed E-state index contributed by atoms with van der Waals surface area (Å²) in [6.45, 7) is 4.79. The molecule has 5 heterocycles. The van der Waals surface area contributed by atoms with Crippen molar-refractivity contribution in [2.75, 3.05) is 31.7 Å². The normalized spacial score (nSPS) is 26.2. The molecule has 3 aromatic rings. The van der Waals surface area contributed by atoms with Gasteiger partial charge in [0.25, 0.3) is 0 Å². The molecule has 4 fully saturated rings. The first kappa shape index (κ1) is 27.6. The number of imidazole rings is 1. The number of aliphatic hydroxyl groups is 1. The van der Waals surface area contributed by atoms with Crippen molar-refractivity contribution in [2.24, 2.45) is 5.41 Å². The van der Waals surface area contributed by atoms with Gasteiger partial charge in [-0.25, -0.2) is 22.5 Å². The summed E-state index contributed by atoms with van der Waals surface area (Å²) in [4.78, 5) is 7.35. The second-order valence-corrected chi connectivity index (χ2v) is 15.1. The molecule has 41 heavy (non-hydrogen) atoms. The highest BCUT2D eigenvalue weighted by molar-refractivity contribution is 7.89. The number of halogens is 1. The van der Waals surface area contributed by atoms with Crippen LogP contribution in [0.3, 0.4) is 0 Å². The van der Waals surface area contributed by atoms with E-state index < -0.39 is 33.9 Å². The monoisotopic (exact) mass is 606 g/mol. The molecule has 0 amide bonds. The lowest BCUT2D eigenvalue weighted by molar-refractivity contribution is 0.0250. The molecule has 2 atom stereocenters. The number of methoxy groups -OCH3 is 1. The van der Waals surface area contributed by atoms with Gasteiger partial charge in [0.15, 0.2) is 10.7 Å². The van der Waals surface area contributed by atoms with Gasteiger partial charge in [-0.15, -0.1) is 10.2 Å². The Morgan fingerprint density at radius 3 is 2.51 bits per heavy atom. The number of fused-ring (bicyclic) bond motifs is 1. The number of alkyl halides is 1. The van der Waals surface area contributed by atoms with Gasteiger partial charge < -0.3 is 19.5 Å². The summed E-state index contributed by atoms with van der Waals surface area (Å²) in [7, 11) is -2.23. The number of ether oxygens (including phenoxy) is 2. The zero-order valence-corrected chi connectivity index (χ0v) is 25.0. The van der Waals surface area contributed by atoms with Crippen LogP contribution in [-0.2, 0) is 31.8 Å². The van der Waals surface area contributed by atoms with Crippen LogP contribution in [0.1, 0.15) is 63.1 Å². The van der Waals surface area contributed by atoms with Crippen molar-refractivity contribution in [3.8, 4) is 10.7 Å². The van der Waals surface area contributed by atoms with Crippen LogP contribution in [0, 0.1) is 5.41 Å². The predicted octanol–water partition coefficient (Wildman–Crippen LogP) is 3.15. The average molecular weight is 607 g/mol. The lowest BCUT2D eigenvalue weighted by Crippen LogP contribution is -2.47. The minimum absolute atomic E-state index is 0.119. The molecule has 7 rings (SSSR count). The number of anilines is 1. The molecule has 1 spiro atoms. The Balaban J connectivity index is 1.39. The van der Waals surface area contributed by atoms with Crippen LogP contribution >= 0.6 is 11.3 Å². The number of aliphatic hydroxyl groups excluding tert-OH is 1. The Morgan fingerprint density at radius 2 is 1.95 bits per heavy atom. The Morgan fingerprint density at radius 1 is 1.22 bits per heavy atom. The molecule has 2 aliphatic heterocycles. The van der Waals surface area contributed by atoms with Crippen LogP contribution in [-0.4, -0.2) is 77.7 Å². The summed E-state index contributed by atoms with van der Waals surface area (Å²) in [5.41, 5.74) is 1.11. The van der Waals surface area contributed by atoms with Crippen LogP contribution in [0.5, 0.6) is 0 Å². The maximum absolute atomic E-state index is 13.7. The number of nitrogens with zero attached hydrogens (tertiary/aromatic N) is 5. The van der Waals surface area contributed by atoms with Crippen molar-refractivity contribution < 1.29 is 27.4 Å². The molecule has 0 radical (unpaired) electrons. The van der Waals surface area contributed by atoms with Gasteiger partial charge in [0.2, 0.25) is 10.0 Å². The van der Waals surface area contributed by atoms with Gasteiger partial charge in [-0.1, -0.05) is 11.3 Å². The Labute approximate surface area is 242 Å². The number of hydrogen-bond donors (Lipinski definition) is 2. The fourth-order valence-electron chi connectivity index (χ4n) is 6.34. The molecule has 11 nitrogen and oxygen atoms in total. The standard InChI is InChI=1S/C27H35FN6O5S2/c1-16-22(35)26(15-39-16)8-10-33(11-9-26)18-12-17(41(36,37)32-25(2)4-5-25)14-34-20(24-31-30-19(13-28)40-24)21(29-23(18)34)27(38-3)6-7-27/h12,14,16,22,32,35H,4-11,13,15H2,1-3H3/t16-,22-/m1/s1. The Kier molecular flexibility index (Phi) is 6.32. The van der Waals surface area contributed by atoms with E-state index in [2.05, 4.69) is 19.8 Å². The second kappa shape index (κ2) is 9.38. The predicted molar refractivity (Wildman–Crippen MR) is 150 cm³/mol. The second-order valence-electron chi connectivity index (χ2n) is 12.4. The molecular weight excluding hydrogens is 571 g/mol. The third-order valence-electron chi connectivity index (χ3n) is 9.48. The van der Waals surface area contributed by atoms with Gasteiger partial charge in [0.1, 0.15) is 33.6 Å². The molecule has 2 saturated carbocycles. The molecule has 4 aliphatic rings. The van der Waals surface area contributed by atoms with E-state index in [4.69, 9.17) is 14.5 Å². The van der Waals surface area contributed by atoms with Crippen molar-refractivity contribution in [3.05, 3.63) is 23.0 Å². The maximum Gasteiger partial charge on any atom is 0.242 e. The largest absolute Gasteiger partial charge is 0.390 e. The van der Waals surface area contributed by atoms with Gasteiger partial charge >= 0.3 is 0 Å². The maximum atomic E-state index is 13.7. The highest BCUT2D eigenvalue weighted by Crippen LogP contribution is 2.52. The van der Waals surface area contributed by atoms with E-state index in [1.54, 1.807) is 23.8 Å². The van der Waals surface area contributed by atoms with Crippen molar-refractivity contribution in [2.45, 2.75) is 87.3 Å². The van der Waals surface area contributed by atoms with Crippen molar-refractivity contribution in [3.63, 3.8) is 0 Å². The zero-order valence-electron chi connectivity index (χ0n) is 23.4. The van der Waals surface area contributed by atoms with E-state index in [1.807, 2.05) is 13.8 Å². The van der Waals surface area contributed by atoms with Gasteiger partial charge in [-0.2, -0.15) is 0 Å². The van der Waals surface area contributed by atoms with Crippen LogP contribution in [0.15, 0.2) is 17.2 Å². The number of hydrogen-bond acceptors (Lipinski definition) is 10. The molecule has 2 N–H and O–H groups in total. The third kappa shape index (κ3) is 4.49. The summed E-state index contributed by atoms with van der Waals surface area (Å²) in [6, 6.07) is 1.70. The van der Waals surface area contributed by atoms with Crippen LogP contribution in [0.25, 0.3) is 16.3 Å². The lowest BCUT2D eigenvalue weighted by Gasteiger charge is -2.41. The number of sulfonamides is 1. The molecule has 14 heteroatoms. The van der Waals surface area contributed by atoms with Crippen LogP contribution in [0.2, 0.25) is 0 Å². The first-order valence-electron chi connectivity index (χ1n) is 14.1. The zero-order chi connectivity index (χ0) is 28.8. The number of rotatable bonds is 8. The SMILES string of the molecule is COC1(c2nc3c(N4CCC5(CC4)CO[C@H](C)[C@H]5O)cc(S(=O)(=O)NC4(C)CC4)cn3c2-c2nnc(CF)s2)CC1. The number of pyridine rings is 1. The van der Waals surface area contributed by atoms with Gasteiger partial charge in [-0.3, -0.25) is 4.40 Å². The minimum atomic E-state index is -3.87. The van der Waals surface area contributed by atoms with Gasteiger partial charge in [-0.05, 0) is 58.4 Å². The summed E-state index contributed by atoms with van der Waals surface area (Å²) in [6.07, 6.45) is 5.34. The van der Waals surface area contributed by atoms with Crippen molar-refractivity contribution >= 4 is 32.7 Å². The molecule has 2 saturated heterocycles. The summed E-state index contributed by atoms with van der Waals surface area (Å²) in [5, 5.41) is 19.9. The molecule has 3 aromatic heterocycles. The van der Waals surface area contributed by atoms with E-state index in [1.165, 1.54) is 0 Å². The van der Waals surface area contributed by atoms with E-state index in [-0.39, 0.29) is 21.4 Å². The fourth-order valence-corrected chi connectivity index (χ4v) is 8.55. The summed E-state index contributed by atoms with van der Waals surface area (Å²) in [5.74, 6) is 0. The van der Waals surface area contributed by atoms with E-state index in [9.17, 15) is 17.9 Å². The summed E-state index contributed by atoms with van der Waals surface area (Å²) < 4.78 is 57.3. The van der Waals surface area contributed by atoms with E-state index >= 15 is 0 Å². The Bertz CT molecular complexity index is 1610. The molecular formula is C27H35FN6O5S2. The number of nitrogens with one attached hydrogen (secondary N) is 1. The van der Waals surface area contributed by atoms with Crippen LogP contribution in [0.4, 0.5) is 10.1 Å². The Hall–Kier alpha value is -2.23. The summed E-state index contributed by atoms with van der Waals surface area (Å²) >= 11 is 1.13. The smallest absolute Gasteiger partial charge is 0.242 e. The third-order valence-corrected chi connectivity index (χ3v) is 12.0. The molecule has 0 aromatic carbocycles. The average Bonchev–Trinajstić information content (AvgIpc) is 3.77. The van der Waals surface area contributed by atoms with Crippen molar-refractivity contribution in [1.29, 1.82) is 0 Å². The minimum Gasteiger partial charge on any atom is -0.390 e. The number of piperidine rings is 1. The quantitative estimate of drug-likeness (QED) is 0.397. The van der Waals surface area contributed by atoms with Gasteiger partial charge in [0, 0.05) is 37.4 Å². The first-order chi connectivity index (χ1) is 19.5. The van der Waals surface area contributed by atoms with E-state index in [0.29, 0.717) is 60.3 Å².